The molecule has 2 heterocycles. The summed E-state index contributed by atoms with van der Waals surface area (Å²) in [5, 5.41) is 3.80. The molecule has 0 spiro atoms. The van der Waals surface area contributed by atoms with Crippen molar-refractivity contribution in [1.82, 2.24) is 10.2 Å². The number of rotatable bonds is 1. The van der Waals surface area contributed by atoms with E-state index in [1.54, 1.807) is 0 Å². The van der Waals surface area contributed by atoms with E-state index in [2.05, 4.69) is 11.4 Å². The van der Waals surface area contributed by atoms with Gasteiger partial charge in [-0.1, -0.05) is 35.9 Å². The Labute approximate surface area is 134 Å². The number of allylic oxidation sites excluding steroid dienone is 1. The Hall–Kier alpha value is -1.81. The molecule has 0 aromatic heterocycles. The average Bonchev–Trinajstić information content (AvgIpc) is 2.86. The van der Waals surface area contributed by atoms with Gasteiger partial charge in [-0.05, 0) is 30.5 Å². The van der Waals surface area contributed by atoms with E-state index in [1.165, 1.54) is 0 Å². The minimum Gasteiger partial charge on any atom is -0.329 e. The van der Waals surface area contributed by atoms with Crippen LogP contribution in [0.25, 0.3) is 0 Å². The second kappa shape index (κ2) is 4.85. The number of hydrogen-bond acceptors (Lipinski definition) is 2. The molecule has 2 amide bonds. The molecular formula is C17H17ClN2O2. The minimum absolute atomic E-state index is 0.0376. The van der Waals surface area contributed by atoms with Crippen LogP contribution in [0.15, 0.2) is 36.4 Å². The molecule has 2 saturated heterocycles. The van der Waals surface area contributed by atoms with Gasteiger partial charge in [0.2, 0.25) is 11.8 Å². The van der Waals surface area contributed by atoms with Crippen molar-refractivity contribution in [2.75, 3.05) is 0 Å². The van der Waals surface area contributed by atoms with E-state index in [9.17, 15) is 9.59 Å². The van der Waals surface area contributed by atoms with Crippen LogP contribution in [-0.2, 0) is 15.3 Å². The quantitative estimate of drug-likeness (QED) is 0.810. The number of carbonyl (C=O) groups is 2. The van der Waals surface area contributed by atoms with Gasteiger partial charge in [-0.3, -0.25) is 9.59 Å². The highest BCUT2D eigenvalue weighted by Crippen LogP contribution is 2.45. The number of carbonyl (C=O) groups excluding carboxylic acids is 2. The van der Waals surface area contributed by atoms with E-state index in [1.807, 2.05) is 35.2 Å². The highest BCUT2D eigenvalue weighted by Gasteiger charge is 2.56. The van der Waals surface area contributed by atoms with Gasteiger partial charge in [0, 0.05) is 23.9 Å². The Bertz CT molecular complexity index is 670. The molecule has 22 heavy (non-hydrogen) atoms. The topological polar surface area (TPSA) is 49.4 Å². The van der Waals surface area contributed by atoms with Crippen LogP contribution in [0.1, 0.15) is 31.2 Å². The summed E-state index contributed by atoms with van der Waals surface area (Å²) in [6, 6.07) is 7.40. The van der Waals surface area contributed by atoms with Crippen LogP contribution in [0.5, 0.6) is 0 Å². The maximum Gasteiger partial charge on any atom is 0.227 e. The van der Waals surface area contributed by atoms with Crippen molar-refractivity contribution in [2.24, 2.45) is 5.92 Å². The van der Waals surface area contributed by atoms with Crippen molar-refractivity contribution in [3.05, 3.63) is 47.0 Å². The van der Waals surface area contributed by atoms with Gasteiger partial charge in [0.15, 0.2) is 0 Å². The first-order valence-electron chi connectivity index (χ1n) is 7.67. The zero-order valence-corrected chi connectivity index (χ0v) is 12.8. The van der Waals surface area contributed by atoms with E-state index in [-0.39, 0.29) is 23.8 Å². The van der Waals surface area contributed by atoms with Gasteiger partial charge >= 0.3 is 0 Å². The molecule has 1 aromatic rings. The number of hydrogen-bond donors (Lipinski definition) is 1. The number of amides is 2. The largest absolute Gasteiger partial charge is 0.329 e. The van der Waals surface area contributed by atoms with E-state index in [0.717, 1.165) is 12.0 Å². The lowest BCUT2D eigenvalue weighted by Crippen LogP contribution is -2.67. The molecular weight excluding hydrogens is 300 g/mol. The Morgan fingerprint density at radius 1 is 1.14 bits per heavy atom. The minimum atomic E-state index is -0.703. The van der Waals surface area contributed by atoms with Gasteiger partial charge in [0.05, 0.1) is 5.92 Å². The Kier molecular flexibility index (Phi) is 3.05. The average molecular weight is 317 g/mol. The maximum absolute atomic E-state index is 12.6. The first-order chi connectivity index (χ1) is 10.6. The molecule has 0 saturated carbocycles. The van der Waals surface area contributed by atoms with Crippen LogP contribution in [0.3, 0.4) is 0 Å². The van der Waals surface area contributed by atoms with Gasteiger partial charge in [-0.25, -0.2) is 0 Å². The van der Waals surface area contributed by atoms with E-state index in [0.29, 0.717) is 24.3 Å². The molecule has 4 nitrogen and oxygen atoms in total. The number of benzene rings is 1. The van der Waals surface area contributed by atoms with Crippen molar-refractivity contribution in [3.63, 3.8) is 0 Å². The van der Waals surface area contributed by atoms with E-state index >= 15 is 0 Å². The van der Waals surface area contributed by atoms with Crippen molar-refractivity contribution in [1.29, 1.82) is 0 Å². The maximum atomic E-state index is 12.6. The van der Waals surface area contributed by atoms with Crippen molar-refractivity contribution in [2.45, 2.75) is 37.4 Å². The van der Waals surface area contributed by atoms with Gasteiger partial charge in [-0.15, -0.1) is 0 Å². The standard InChI is InChI=1S/C17H17ClN2O2/c18-12-7-5-11(6-8-12)17-10-9-15(21)20(17)14-4-2-1-3-13(14)16(22)19-17/h1-2,5-8,13-14H,3-4,9-10H2,(H,19,22)/t13-,14-,17+/m0/s1. The second-order valence-corrected chi connectivity index (χ2v) is 6.67. The van der Waals surface area contributed by atoms with Crippen molar-refractivity contribution < 1.29 is 9.59 Å². The third-order valence-electron chi connectivity index (χ3n) is 5.10. The predicted octanol–water partition coefficient (Wildman–Crippen LogP) is 2.58. The zero-order chi connectivity index (χ0) is 15.3. The first-order valence-corrected chi connectivity index (χ1v) is 8.05. The second-order valence-electron chi connectivity index (χ2n) is 6.24. The predicted molar refractivity (Wildman–Crippen MR) is 83.0 cm³/mol. The van der Waals surface area contributed by atoms with Gasteiger partial charge < -0.3 is 10.2 Å². The lowest BCUT2D eigenvalue weighted by atomic mass is 9.81. The molecule has 3 aliphatic rings. The van der Waals surface area contributed by atoms with Gasteiger partial charge in [0.25, 0.3) is 0 Å². The Morgan fingerprint density at radius 3 is 2.64 bits per heavy atom. The molecule has 1 aromatic carbocycles. The summed E-state index contributed by atoms with van der Waals surface area (Å²) < 4.78 is 0. The summed E-state index contributed by atoms with van der Waals surface area (Å²) in [5.74, 6) is 0.0444. The van der Waals surface area contributed by atoms with Crippen LogP contribution >= 0.6 is 11.6 Å². The fourth-order valence-electron chi connectivity index (χ4n) is 4.08. The normalized spacial score (nSPS) is 33.4. The highest BCUT2D eigenvalue weighted by atomic mass is 35.5. The monoisotopic (exact) mass is 316 g/mol. The summed E-state index contributed by atoms with van der Waals surface area (Å²) in [7, 11) is 0. The van der Waals surface area contributed by atoms with Crippen molar-refractivity contribution in [3.8, 4) is 0 Å². The molecule has 5 heteroatoms. The zero-order valence-electron chi connectivity index (χ0n) is 12.1. The molecule has 2 aliphatic heterocycles. The smallest absolute Gasteiger partial charge is 0.227 e. The SMILES string of the molecule is O=C1N[C@]2(c3ccc(Cl)cc3)CCC(=O)N2[C@H]2CC=CC[C@H]12. The molecule has 1 aliphatic carbocycles. The fraction of sp³-hybridized carbons (Fsp3) is 0.412. The summed E-state index contributed by atoms with van der Waals surface area (Å²) in [5.41, 5.74) is 0.231. The fourth-order valence-corrected chi connectivity index (χ4v) is 4.20. The van der Waals surface area contributed by atoms with Crippen LogP contribution in [0, 0.1) is 5.92 Å². The van der Waals surface area contributed by atoms with E-state index in [4.69, 9.17) is 11.6 Å². The van der Waals surface area contributed by atoms with E-state index < -0.39 is 5.66 Å². The van der Waals surface area contributed by atoms with Crippen LogP contribution < -0.4 is 5.32 Å². The Morgan fingerprint density at radius 2 is 1.86 bits per heavy atom. The summed E-state index contributed by atoms with van der Waals surface area (Å²) in [6.07, 6.45) is 6.66. The molecule has 4 rings (SSSR count). The third-order valence-corrected chi connectivity index (χ3v) is 5.35. The molecule has 2 fully saturated rings. The highest BCUT2D eigenvalue weighted by molar-refractivity contribution is 6.30. The lowest BCUT2D eigenvalue weighted by molar-refractivity contribution is -0.152. The van der Waals surface area contributed by atoms with Crippen LogP contribution in [-0.4, -0.2) is 22.8 Å². The molecule has 1 N–H and O–H groups in total. The Balaban J connectivity index is 1.83. The third kappa shape index (κ3) is 1.83. The van der Waals surface area contributed by atoms with Crippen molar-refractivity contribution >= 4 is 23.4 Å². The number of nitrogens with zero attached hydrogens (tertiary/aromatic N) is 1. The number of nitrogens with one attached hydrogen (secondary N) is 1. The van der Waals surface area contributed by atoms with Gasteiger partial charge in [-0.2, -0.15) is 0 Å². The number of halogens is 1. The van der Waals surface area contributed by atoms with Crippen LogP contribution in [0.4, 0.5) is 0 Å². The lowest BCUT2D eigenvalue weighted by Gasteiger charge is -2.51. The molecule has 0 unspecified atom stereocenters. The molecule has 114 valence electrons. The summed E-state index contributed by atoms with van der Waals surface area (Å²) >= 11 is 5.98. The molecule has 0 bridgehead atoms. The van der Waals surface area contributed by atoms with Crippen LogP contribution in [0.2, 0.25) is 5.02 Å². The first kappa shape index (κ1) is 13.8. The molecule has 3 atom stereocenters. The molecule has 0 radical (unpaired) electrons. The van der Waals surface area contributed by atoms with Gasteiger partial charge in [0.1, 0.15) is 5.66 Å². The summed E-state index contributed by atoms with van der Waals surface area (Å²) in [4.78, 5) is 27.1. The summed E-state index contributed by atoms with van der Waals surface area (Å²) in [6.45, 7) is 0. The number of fused-ring (bicyclic) bond motifs is 3.